The number of nitrogen functional groups attached to an aromatic ring is 1. The van der Waals surface area contributed by atoms with Gasteiger partial charge in [-0.3, -0.25) is 0 Å². The van der Waals surface area contributed by atoms with Gasteiger partial charge in [0, 0.05) is 6.54 Å². The van der Waals surface area contributed by atoms with Gasteiger partial charge in [-0.2, -0.15) is 4.98 Å². The van der Waals surface area contributed by atoms with E-state index < -0.39 is 5.60 Å². The SMILES string of the molecule is CC(C)CC(C)(O)CNc1n[nH]c(N)n1. The second kappa shape index (κ2) is 4.48. The number of nitrogens with two attached hydrogens (primary N) is 1. The molecular weight excluding hydrogens is 194 g/mol. The Morgan fingerprint density at radius 1 is 1.60 bits per heavy atom. The highest BCUT2D eigenvalue weighted by Gasteiger charge is 2.21. The molecule has 0 aliphatic carbocycles. The van der Waals surface area contributed by atoms with Crippen LogP contribution in [0.15, 0.2) is 0 Å². The molecule has 15 heavy (non-hydrogen) atoms. The van der Waals surface area contributed by atoms with Gasteiger partial charge in [0.2, 0.25) is 11.9 Å². The standard InChI is InChI=1S/C9H19N5O/c1-6(2)4-9(3,15)5-11-8-12-7(10)13-14-8/h6,15H,4-5H2,1-3H3,(H4,10,11,12,13,14). The van der Waals surface area contributed by atoms with E-state index in [0.717, 1.165) is 6.42 Å². The topological polar surface area (TPSA) is 99.8 Å². The van der Waals surface area contributed by atoms with Gasteiger partial charge in [-0.25, -0.2) is 5.10 Å². The molecule has 1 aromatic rings. The molecule has 1 atom stereocenters. The van der Waals surface area contributed by atoms with E-state index in [9.17, 15) is 5.11 Å². The highest BCUT2D eigenvalue weighted by Crippen LogP contribution is 2.16. The molecule has 0 saturated heterocycles. The molecule has 0 amide bonds. The zero-order valence-corrected chi connectivity index (χ0v) is 9.41. The van der Waals surface area contributed by atoms with Crippen LogP contribution in [-0.4, -0.2) is 32.4 Å². The van der Waals surface area contributed by atoms with Crippen molar-refractivity contribution in [3.8, 4) is 0 Å². The molecule has 0 spiro atoms. The highest BCUT2D eigenvalue weighted by molar-refractivity contribution is 5.30. The third-order valence-corrected chi connectivity index (χ3v) is 1.98. The highest BCUT2D eigenvalue weighted by atomic mass is 16.3. The van der Waals surface area contributed by atoms with Gasteiger partial charge in [0.05, 0.1) is 5.60 Å². The van der Waals surface area contributed by atoms with E-state index in [-0.39, 0.29) is 5.95 Å². The second-order valence-corrected chi connectivity index (χ2v) is 4.49. The van der Waals surface area contributed by atoms with Crippen LogP contribution < -0.4 is 11.1 Å². The van der Waals surface area contributed by atoms with Crippen molar-refractivity contribution >= 4 is 11.9 Å². The van der Waals surface area contributed by atoms with Gasteiger partial charge < -0.3 is 16.2 Å². The van der Waals surface area contributed by atoms with Gasteiger partial charge in [-0.05, 0) is 19.3 Å². The van der Waals surface area contributed by atoms with Crippen molar-refractivity contribution in [2.24, 2.45) is 5.92 Å². The van der Waals surface area contributed by atoms with Crippen LogP contribution in [0.2, 0.25) is 0 Å². The van der Waals surface area contributed by atoms with Crippen molar-refractivity contribution in [2.45, 2.75) is 32.8 Å². The minimum atomic E-state index is -0.760. The molecule has 0 saturated carbocycles. The molecule has 0 aliphatic heterocycles. The Balaban J connectivity index is 2.42. The molecule has 0 bridgehead atoms. The second-order valence-electron chi connectivity index (χ2n) is 4.49. The van der Waals surface area contributed by atoms with Crippen LogP contribution in [0.5, 0.6) is 0 Å². The summed E-state index contributed by atoms with van der Waals surface area (Å²) in [5.74, 6) is 1.12. The average molecular weight is 213 g/mol. The number of anilines is 2. The number of nitrogens with zero attached hydrogens (tertiary/aromatic N) is 2. The predicted octanol–water partition coefficient (Wildman–Crippen LogP) is 0.596. The maximum Gasteiger partial charge on any atom is 0.243 e. The summed E-state index contributed by atoms with van der Waals surface area (Å²) in [7, 11) is 0. The maximum absolute atomic E-state index is 9.99. The number of hydrogen-bond donors (Lipinski definition) is 4. The molecule has 1 rings (SSSR count). The summed E-state index contributed by atoms with van der Waals surface area (Å²) in [5.41, 5.74) is 4.61. The summed E-state index contributed by atoms with van der Waals surface area (Å²) in [5, 5.41) is 19.3. The zero-order valence-electron chi connectivity index (χ0n) is 9.41. The van der Waals surface area contributed by atoms with Gasteiger partial charge in [-0.15, -0.1) is 5.10 Å². The minimum Gasteiger partial charge on any atom is -0.388 e. The van der Waals surface area contributed by atoms with E-state index in [0.29, 0.717) is 18.4 Å². The molecule has 0 aromatic carbocycles. The summed E-state index contributed by atoms with van der Waals surface area (Å²) in [6.07, 6.45) is 0.722. The van der Waals surface area contributed by atoms with Crippen molar-refractivity contribution in [1.82, 2.24) is 15.2 Å². The lowest BCUT2D eigenvalue weighted by Gasteiger charge is -2.25. The van der Waals surface area contributed by atoms with Gasteiger partial charge in [-0.1, -0.05) is 13.8 Å². The fourth-order valence-electron chi connectivity index (χ4n) is 1.57. The Morgan fingerprint density at radius 2 is 2.27 bits per heavy atom. The minimum absolute atomic E-state index is 0.265. The van der Waals surface area contributed by atoms with Gasteiger partial charge in [0.1, 0.15) is 0 Å². The Bertz CT molecular complexity index is 307. The summed E-state index contributed by atoms with van der Waals surface area (Å²) in [6.45, 7) is 6.33. The molecule has 0 fully saturated rings. The van der Waals surface area contributed by atoms with Crippen molar-refractivity contribution < 1.29 is 5.11 Å². The summed E-state index contributed by atoms with van der Waals surface area (Å²) >= 11 is 0. The number of aromatic nitrogens is 3. The Kier molecular flexibility index (Phi) is 3.52. The van der Waals surface area contributed by atoms with Crippen molar-refractivity contribution in [2.75, 3.05) is 17.6 Å². The van der Waals surface area contributed by atoms with Crippen LogP contribution in [0.1, 0.15) is 27.2 Å². The van der Waals surface area contributed by atoms with E-state index in [1.54, 1.807) is 6.92 Å². The molecule has 1 aromatic heterocycles. The van der Waals surface area contributed by atoms with Crippen LogP contribution in [0.3, 0.4) is 0 Å². The number of hydrogen-bond acceptors (Lipinski definition) is 5. The van der Waals surface area contributed by atoms with Crippen LogP contribution in [0.25, 0.3) is 0 Å². The lowest BCUT2D eigenvalue weighted by Crippen LogP contribution is -2.35. The molecule has 86 valence electrons. The first-order valence-electron chi connectivity index (χ1n) is 5.03. The molecule has 0 radical (unpaired) electrons. The molecule has 6 heteroatoms. The summed E-state index contributed by atoms with van der Waals surface area (Å²) < 4.78 is 0. The van der Waals surface area contributed by atoms with E-state index in [1.807, 2.05) is 0 Å². The number of H-pyrrole nitrogens is 1. The van der Waals surface area contributed by atoms with Crippen LogP contribution >= 0.6 is 0 Å². The predicted molar refractivity (Wildman–Crippen MR) is 59.4 cm³/mol. The summed E-state index contributed by atoms with van der Waals surface area (Å²) in [6, 6.07) is 0. The van der Waals surface area contributed by atoms with E-state index in [1.165, 1.54) is 0 Å². The molecule has 1 heterocycles. The number of rotatable bonds is 5. The largest absolute Gasteiger partial charge is 0.388 e. The van der Waals surface area contributed by atoms with E-state index in [4.69, 9.17) is 5.73 Å². The third-order valence-electron chi connectivity index (χ3n) is 1.98. The first-order chi connectivity index (χ1) is 6.89. The first-order valence-corrected chi connectivity index (χ1v) is 5.03. The third kappa shape index (κ3) is 4.16. The lowest BCUT2D eigenvalue weighted by molar-refractivity contribution is 0.0514. The van der Waals surface area contributed by atoms with Crippen molar-refractivity contribution in [3.05, 3.63) is 0 Å². The normalized spacial score (nSPS) is 15.3. The molecule has 0 aliphatic rings. The quantitative estimate of drug-likeness (QED) is 0.574. The van der Waals surface area contributed by atoms with Gasteiger partial charge in [0.25, 0.3) is 0 Å². The fourth-order valence-corrected chi connectivity index (χ4v) is 1.57. The van der Waals surface area contributed by atoms with Crippen LogP contribution in [0.4, 0.5) is 11.9 Å². The number of aliphatic hydroxyl groups is 1. The van der Waals surface area contributed by atoms with Crippen LogP contribution in [0, 0.1) is 5.92 Å². The summed E-state index contributed by atoms with van der Waals surface area (Å²) in [4.78, 5) is 3.88. The smallest absolute Gasteiger partial charge is 0.243 e. The maximum atomic E-state index is 9.99. The molecular formula is C9H19N5O. The molecule has 1 unspecified atom stereocenters. The lowest BCUT2D eigenvalue weighted by atomic mass is 9.94. The zero-order chi connectivity index (χ0) is 11.5. The average Bonchev–Trinajstić information content (AvgIpc) is 2.46. The molecule has 5 N–H and O–H groups in total. The number of aromatic amines is 1. The Hall–Kier alpha value is -1.30. The Morgan fingerprint density at radius 3 is 2.73 bits per heavy atom. The van der Waals surface area contributed by atoms with Crippen LogP contribution in [-0.2, 0) is 0 Å². The number of nitrogens with one attached hydrogen (secondary N) is 2. The Labute approximate surface area is 89.3 Å². The molecule has 6 nitrogen and oxygen atoms in total. The fraction of sp³-hybridized carbons (Fsp3) is 0.778. The van der Waals surface area contributed by atoms with Gasteiger partial charge in [0.15, 0.2) is 0 Å². The van der Waals surface area contributed by atoms with E-state index >= 15 is 0 Å². The van der Waals surface area contributed by atoms with Crippen molar-refractivity contribution in [3.63, 3.8) is 0 Å². The van der Waals surface area contributed by atoms with Crippen molar-refractivity contribution in [1.29, 1.82) is 0 Å². The van der Waals surface area contributed by atoms with E-state index in [2.05, 4.69) is 34.3 Å². The monoisotopic (exact) mass is 213 g/mol. The van der Waals surface area contributed by atoms with Gasteiger partial charge >= 0.3 is 0 Å². The first kappa shape index (κ1) is 11.8.